The molecule has 0 aliphatic carbocycles. The number of nitrogens with zero attached hydrogens (tertiary/aromatic N) is 2. The minimum Gasteiger partial charge on any atom is -0.353 e. The van der Waals surface area contributed by atoms with Crippen LogP contribution in [0.3, 0.4) is 0 Å². The number of hydrogen-bond acceptors (Lipinski definition) is 5. The van der Waals surface area contributed by atoms with Crippen molar-refractivity contribution >= 4 is 38.9 Å². The molecule has 0 aliphatic rings. The molecule has 0 fully saturated rings. The monoisotopic (exact) mass is 537 g/mol. The van der Waals surface area contributed by atoms with Crippen LogP contribution < -0.4 is 5.32 Å². The zero-order valence-corrected chi connectivity index (χ0v) is 23.9. The van der Waals surface area contributed by atoms with Crippen LogP contribution >= 0.6 is 22.1 Å². The van der Waals surface area contributed by atoms with E-state index in [0.29, 0.717) is 18.1 Å². The fraction of sp³-hybridized carbons (Fsp3) is 0.321. The molecule has 0 spiro atoms. The molecule has 3 N–H and O–H groups in total. The van der Waals surface area contributed by atoms with Gasteiger partial charge in [-0.3, -0.25) is 14.9 Å². The number of thioether (sulfide) groups is 1. The third-order valence-corrected chi connectivity index (χ3v) is 11.3. The highest BCUT2D eigenvalue weighted by Crippen LogP contribution is 2.54. The number of fused-ring (bicyclic) bond motifs is 1. The van der Waals surface area contributed by atoms with Gasteiger partial charge in [0.05, 0.1) is 34.3 Å². The highest BCUT2D eigenvalue weighted by molar-refractivity contribution is 8.29. The predicted molar refractivity (Wildman–Crippen MR) is 156 cm³/mol. The number of benzene rings is 1. The Labute approximate surface area is 224 Å². The van der Waals surface area contributed by atoms with Gasteiger partial charge in [-0.25, -0.2) is 0 Å². The van der Waals surface area contributed by atoms with Gasteiger partial charge in [0.2, 0.25) is 0 Å². The molecule has 4 rings (SSSR count). The first-order chi connectivity index (χ1) is 17.4. The van der Waals surface area contributed by atoms with Gasteiger partial charge < -0.3 is 14.5 Å². The molecule has 1 amide bonds. The Morgan fingerprint density at radius 3 is 2.68 bits per heavy atom. The molecule has 7 nitrogen and oxygen atoms in total. The van der Waals surface area contributed by atoms with E-state index in [1.165, 1.54) is 11.8 Å². The summed E-state index contributed by atoms with van der Waals surface area (Å²) >= 11 is 1.31. The normalized spacial score (nSPS) is 12.6. The first kappa shape index (κ1) is 27.0. The van der Waals surface area contributed by atoms with Crippen molar-refractivity contribution < 1.29 is 8.98 Å². The Morgan fingerprint density at radius 1 is 1.19 bits per heavy atom. The standard InChI is InChI=1S/C28H35N5O2S2/c1-18-26(36-19(2)27(34)30-16-22-10-8-9-13-29-22)25(33-32-18)24-15-21-14-20(11-12-23(21)31-24)17-35-37(6,7)28(3,4)5/h8-15,31H,2,16-17H2,1,3-7H3,(H,30,34)(H,32,33). The zero-order chi connectivity index (χ0) is 26.8. The number of pyridine rings is 1. The van der Waals surface area contributed by atoms with Gasteiger partial charge in [0.15, 0.2) is 0 Å². The van der Waals surface area contributed by atoms with E-state index in [1.807, 2.05) is 25.1 Å². The Bertz CT molecular complexity index is 1420. The van der Waals surface area contributed by atoms with Crippen molar-refractivity contribution in [3.8, 4) is 11.4 Å². The van der Waals surface area contributed by atoms with Gasteiger partial charge in [-0.1, -0.05) is 51.2 Å². The lowest BCUT2D eigenvalue weighted by Crippen LogP contribution is -2.24. The number of rotatable bonds is 9. The van der Waals surface area contributed by atoms with Gasteiger partial charge in [-0.2, -0.15) is 5.10 Å². The first-order valence-corrected chi connectivity index (χ1v) is 15.2. The average Bonchev–Trinajstić information content (AvgIpc) is 3.44. The zero-order valence-electron chi connectivity index (χ0n) is 22.3. The maximum absolute atomic E-state index is 12.7. The topological polar surface area (TPSA) is 95.7 Å². The highest BCUT2D eigenvalue weighted by Gasteiger charge is 2.28. The number of hydrogen-bond donors (Lipinski definition) is 3. The molecule has 9 heteroatoms. The highest BCUT2D eigenvalue weighted by atomic mass is 32.3. The SMILES string of the molecule is C=C(Sc1c(-c2cc3cc(COS(C)(C)C(C)(C)C)ccc3[nH]2)n[nH]c1C)C(=O)NCc1ccccn1. The van der Waals surface area contributed by atoms with Crippen molar-refractivity contribution in [3.05, 3.63) is 77.1 Å². The predicted octanol–water partition coefficient (Wildman–Crippen LogP) is 6.48. The van der Waals surface area contributed by atoms with E-state index in [4.69, 9.17) is 4.18 Å². The number of amides is 1. The summed E-state index contributed by atoms with van der Waals surface area (Å²) in [7, 11) is -1.20. The fourth-order valence-electron chi connectivity index (χ4n) is 3.46. The number of aromatic amines is 2. The number of nitrogens with one attached hydrogen (secondary N) is 3. The fourth-order valence-corrected chi connectivity index (χ4v) is 5.11. The van der Waals surface area contributed by atoms with Crippen molar-refractivity contribution in [2.24, 2.45) is 0 Å². The second-order valence-corrected chi connectivity index (χ2v) is 15.3. The number of H-pyrrole nitrogens is 2. The summed E-state index contributed by atoms with van der Waals surface area (Å²) in [6, 6.07) is 14.0. The van der Waals surface area contributed by atoms with Crippen molar-refractivity contribution in [2.75, 3.05) is 12.5 Å². The van der Waals surface area contributed by atoms with Crippen molar-refractivity contribution in [1.82, 2.24) is 25.5 Å². The lowest BCUT2D eigenvalue weighted by molar-refractivity contribution is -0.116. The van der Waals surface area contributed by atoms with E-state index in [1.54, 1.807) is 6.20 Å². The van der Waals surface area contributed by atoms with Crippen LogP contribution in [-0.2, 0) is 22.1 Å². The van der Waals surface area contributed by atoms with Crippen molar-refractivity contribution in [1.29, 1.82) is 0 Å². The Morgan fingerprint density at radius 2 is 1.97 bits per heavy atom. The molecule has 4 aromatic rings. The van der Waals surface area contributed by atoms with Crippen LogP contribution in [0.1, 0.15) is 37.7 Å². The molecule has 0 aliphatic heterocycles. The molecule has 37 heavy (non-hydrogen) atoms. The molecule has 0 atom stereocenters. The third-order valence-electron chi connectivity index (χ3n) is 6.46. The van der Waals surface area contributed by atoms with Crippen LogP contribution in [0.25, 0.3) is 22.3 Å². The van der Waals surface area contributed by atoms with E-state index in [0.717, 1.165) is 44.1 Å². The number of aryl methyl sites for hydroxylation is 1. The van der Waals surface area contributed by atoms with Crippen LogP contribution in [0.4, 0.5) is 0 Å². The third kappa shape index (κ3) is 6.29. The van der Waals surface area contributed by atoms with Crippen LogP contribution in [-0.4, -0.2) is 43.3 Å². The Hall–Kier alpha value is -3.01. The first-order valence-electron chi connectivity index (χ1n) is 12.0. The van der Waals surface area contributed by atoms with Gasteiger partial charge in [-0.15, -0.1) is 10.3 Å². The minimum absolute atomic E-state index is 0.115. The summed E-state index contributed by atoms with van der Waals surface area (Å²) < 4.78 is 6.47. The number of carbonyl (C=O) groups excluding carboxylic acids is 1. The molecular weight excluding hydrogens is 502 g/mol. The summed E-state index contributed by atoms with van der Waals surface area (Å²) in [6.07, 6.45) is 6.13. The maximum Gasteiger partial charge on any atom is 0.257 e. The van der Waals surface area contributed by atoms with Crippen molar-refractivity contribution in [2.45, 2.75) is 50.5 Å². The van der Waals surface area contributed by atoms with E-state index in [2.05, 4.69) is 89.6 Å². The molecule has 0 saturated carbocycles. The maximum atomic E-state index is 12.7. The molecule has 0 saturated heterocycles. The smallest absolute Gasteiger partial charge is 0.257 e. The summed E-state index contributed by atoms with van der Waals surface area (Å²) in [5, 5.41) is 11.5. The molecule has 196 valence electrons. The second kappa shape index (κ2) is 10.8. The van der Waals surface area contributed by atoms with Gasteiger partial charge in [0.25, 0.3) is 5.91 Å². The van der Waals surface area contributed by atoms with Gasteiger partial charge >= 0.3 is 0 Å². The minimum atomic E-state index is -1.20. The van der Waals surface area contributed by atoms with E-state index >= 15 is 0 Å². The Kier molecular flexibility index (Phi) is 7.87. The molecule has 0 radical (unpaired) electrons. The number of carbonyl (C=O) groups is 1. The molecule has 0 unspecified atom stereocenters. The summed E-state index contributed by atoms with van der Waals surface area (Å²) in [5.74, 6) is -0.233. The summed E-state index contributed by atoms with van der Waals surface area (Å²) in [6.45, 7) is 13.5. The van der Waals surface area contributed by atoms with Gasteiger partial charge in [0.1, 0.15) is 5.69 Å². The quantitative estimate of drug-likeness (QED) is 0.168. The van der Waals surface area contributed by atoms with Crippen LogP contribution in [0, 0.1) is 6.92 Å². The van der Waals surface area contributed by atoms with Crippen LogP contribution in [0.2, 0.25) is 0 Å². The molecular formula is C28H35N5O2S2. The largest absolute Gasteiger partial charge is 0.353 e. The van der Waals surface area contributed by atoms with Gasteiger partial charge in [-0.05, 0) is 55.3 Å². The van der Waals surface area contributed by atoms with Crippen LogP contribution in [0.5, 0.6) is 0 Å². The van der Waals surface area contributed by atoms with Crippen LogP contribution in [0.15, 0.2) is 65.0 Å². The molecule has 3 aromatic heterocycles. The van der Waals surface area contributed by atoms with Gasteiger partial charge in [0, 0.05) is 27.5 Å². The molecule has 1 aromatic carbocycles. The summed E-state index contributed by atoms with van der Waals surface area (Å²) in [5.41, 5.74) is 5.45. The number of aromatic nitrogens is 4. The molecule has 0 bridgehead atoms. The lowest BCUT2D eigenvalue weighted by Gasteiger charge is -2.43. The van der Waals surface area contributed by atoms with E-state index in [-0.39, 0.29) is 10.7 Å². The molecule has 3 heterocycles. The average molecular weight is 538 g/mol. The van der Waals surface area contributed by atoms with E-state index in [9.17, 15) is 4.79 Å². The second-order valence-electron chi connectivity index (χ2n) is 10.3. The summed E-state index contributed by atoms with van der Waals surface area (Å²) in [4.78, 5) is 21.6. The Balaban J connectivity index is 1.48. The van der Waals surface area contributed by atoms with E-state index < -0.39 is 10.3 Å². The lowest BCUT2D eigenvalue weighted by atomic mass is 10.1. The van der Waals surface area contributed by atoms with Crippen molar-refractivity contribution in [3.63, 3.8) is 0 Å².